The molecule has 0 aromatic heterocycles. The molecule has 0 aromatic carbocycles. The second-order valence-electron chi connectivity index (χ2n) is 4.80. The molecule has 4 N–H and O–H groups in total. The highest BCUT2D eigenvalue weighted by molar-refractivity contribution is 5.99. The minimum Gasteiger partial charge on any atom is -0.480 e. The van der Waals surface area contributed by atoms with Crippen LogP contribution in [0.25, 0.3) is 0 Å². The lowest BCUT2D eigenvalue weighted by molar-refractivity contribution is -0.142. The number of ether oxygens (including phenoxy) is 1. The Morgan fingerprint density at radius 3 is 2.43 bits per heavy atom. The minimum absolute atomic E-state index is 0.236. The van der Waals surface area contributed by atoms with Crippen molar-refractivity contribution in [2.75, 3.05) is 19.7 Å². The van der Waals surface area contributed by atoms with Crippen LogP contribution >= 0.6 is 0 Å². The maximum Gasteiger partial charge on any atom is 0.407 e. The second kappa shape index (κ2) is 10.9. The molecule has 0 spiro atoms. The smallest absolute Gasteiger partial charge is 0.407 e. The van der Waals surface area contributed by atoms with E-state index in [0.717, 1.165) is 0 Å². The van der Waals surface area contributed by atoms with Gasteiger partial charge in [0.2, 0.25) is 0 Å². The Kier molecular flexibility index (Phi) is 9.59. The molecule has 23 heavy (non-hydrogen) atoms. The molecule has 0 rings (SSSR count). The third kappa shape index (κ3) is 8.31. The number of alkyl carbamates (subject to hydrolysis) is 1. The first kappa shape index (κ1) is 20.2. The van der Waals surface area contributed by atoms with Gasteiger partial charge in [0.25, 0.3) is 5.91 Å². The second-order valence-corrected chi connectivity index (χ2v) is 4.80. The fraction of sp³-hybridized carbons (Fsp3) is 0.571. The summed E-state index contributed by atoms with van der Waals surface area (Å²) >= 11 is 0. The van der Waals surface area contributed by atoms with Crippen molar-refractivity contribution in [2.24, 2.45) is 5.92 Å². The SMILES string of the molecule is CCOC(=O)NCCN/C=C(/C#N)C(=O)NC(C(=O)O)C(C)C. The van der Waals surface area contributed by atoms with Crippen molar-refractivity contribution in [1.82, 2.24) is 16.0 Å². The van der Waals surface area contributed by atoms with E-state index in [1.54, 1.807) is 26.8 Å². The summed E-state index contributed by atoms with van der Waals surface area (Å²) < 4.78 is 4.65. The van der Waals surface area contributed by atoms with Gasteiger partial charge in [-0.2, -0.15) is 5.26 Å². The van der Waals surface area contributed by atoms with Crippen molar-refractivity contribution in [3.63, 3.8) is 0 Å². The molecule has 9 heteroatoms. The number of nitriles is 1. The molecular formula is C14H22N4O5. The molecule has 0 bridgehead atoms. The Hall–Kier alpha value is -2.76. The Morgan fingerprint density at radius 1 is 1.30 bits per heavy atom. The van der Waals surface area contributed by atoms with Crippen LogP contribution in [-0.2, 0) is 14.3 Å². The van der Waals surface area contributed by atoms with Crippen molar-refractivity contribution in [3.05, 3.63) is 11.8 Å². The van der Waals surface area contributed by atoms with E-state index in [-0.39, 0.29) is 31.2 Å². The predicted octanol–water partition coefficient (Wildman–Crippen LogP) is -0.0450. The summed E-state index contributed by atoms with van der Waals surface area (Å²) in [5.41, 5.74) is -0.256. The van der Waals surface area contributed by atoms with Gasteiger partial charge in [0.1, 0.15) is 17.7 Å². The third-order valence-electron chi connectivity index (χ3n) is 2.64. The molecule has 0 aliphatic rings. The van der Waals surface area contributed by atoms with Crippen LogP contribution in [0, 0.1) is 17.2 Å². The zero-order valence-electron chi connectivity index (χ0n) is 13.4. The monoisotopic (exact) mass is 326 g/mol. The predicted molar refractivity (Wildman–Crippen MR) is 81.1 cm³/mol. The molecule has 0 aliphatic carbocycles. The Labute approximate surface area is 134 Å². The molecular weight excluding hydrogens is 304 g/mol. The first-order valence-corrected chi connectivity index (χ1v) is 7.11. The van der Waals surface area contributed by atoms with Crippen molar-refractivity contribution < 1.29 is 24.2 Å². The van der Waals surface area contributed by atoms with Gasteiger partial charge in [-0.1, -0.05) is 13.8 Å². The van der Waals surface area contributed by atoms with E-state index in [9.17, 15) is 14.4 Å². The Morgan fingerprint density at radius 2 is 1.96 bits per heavy atom. The van der Waals surface area contributed by atoms with Crippen LogP contribution in [0.15, 0.2) is 11.8 Å². The molecule has 1 atom stereocenters. The molecule has 0 heterocycles. The summed E-state index contributed by atoms with van der Waals surface area (Å²) in [4.78, 5) is 33.9. The number of rotatable bonds is 9. The van der Waals surface area contributed by atoms with E-state index in [0.29, 0.717) is 0 Å². The molecule has 9 nitrogen and oxygen atoms in total. The van der Waals surface area contributed by atoms with Crippen molar-refractivity contribution in [1.29, 1.82) is 5.26 Å². The molecule has 0 radical (unpaired) electrons. The van der Waals surface area contributed by atoms with Crippen molar-refractivity contribution >= 4 is 18.0 Å². The summed E-state index contributed by atoms with van der Waals surface area (Å²) in [5, 5.41) is 25.4. The van der Waals surface area contributed by atoms with Gasteiger partial charge < -0.3 is 25.8 Å². The number of carbonyl (C=O) groups is 3. The van der Waals surface area contributed by atoms with Gasteiger partial charge in [-0.15, -0.1) is 0 Å². The average molecular weight is 326 g/mol. The standard InChI is InChI=1S/C14H22N4O5/c1-4-23-14(22)17-6-5-16-8-10(7-15)12(19)18-11(9(2)3)13(20)21/h8-9,11,16H,4-6H2,1-3H3,(H,17,22)(H,18,19)(H,20,21)/b10-8-. The van der Waals surface area contributed by atoms with Crippen molar-refractivity contribution in [2.45, 2.75) is 26.8 Å². The fourth-order valence-electron chi connectivity index (χ4n) is 1.47. The van der Waals surface area contributed by atoms with Gasteiger partial charge in [-0.25, -0.2) is 9.59 Å². The first-order chi connectivity index (χ1) is 10.8. The number of amides is 2. The first-order valence-electron chi connectivity index (χ1n) is 7.11. The number of hydrogen-bond donors (Lipinski definition) is 4. The van der Waals surface area contributed by atoms with E-state index in [4.69, 9.17) is 10.4 Å². The van der Waals surface area contributed by atoms with Crippen LogP contribution in [0.5, 0.6) is 0 Å². The number of nitrogens with zero attached hydrogens (tertiary/aromatic N) is 1. The van der Waals surface area contributed by atoms with E-state index in [2.05, 4.69) is 20.7 Å². The lowest BCUT2D eigenvalue weighted by Crippen LogP contribution is -2.45. The number of nitrogens with one attached hydrogen (secondary N) is 3. The number of hydrogen-bond acceptors (Lipinski definition) is 6. The number of carboxylic acids is 1. The maximum atomic E-state index is 11.9. The lowest BCUT2D eigenvalue weighted by atomic mass is 10.0. The van der Waals surface area contributed by atoms with E-state index in [1.807, 2.05) is 0 Å². The summed E-state index contributed by atoms with van der Waals surface area (Å²) in [6.45, 7) is 5.74. The minimum atomic E-state index is -1.17. The summed E-state index contributed by atoms with van der Waals surface area (Å²) in [6.07, 6.45) is 0.610. The number of carbonyl (C=O) groups excluding carboxylic acids is 2. The molecule has 128 valence electrons. The number of aliphatic carboxylic acids is 1. The maximum absolute atomic E-state index is 11.9. The van der Waals surface area contributed by atoms with Crippen LogP contribution in [0.4, 0.5) is 4.79 Å². The van der Waals surface area contributed by atoms with Gasteiger partial charge in [0.15, 0.2) is 0 Å². The van der Waals surface area contributed by atoms with Crippen molar-refractivity contribution in [3.8, 4) is 6.07 Å². The number of carboxylic acid groups (broad SMARTS) is 1. The molecule has 1 unspecified atom stereocenters. The van der Waals surface area contributed by atoms with E-state index < -0.39 is 24.0 Å². The van der Waals surface area contributed by atoms with Crippen LogP contribution < -0.4 is 16.0 Å². The summed E-state index contributed by atoms with van der Waals surface area (Å²) in [5.74, 6) is -2.27. The normalized spacial score (nSPS) is 12.0. The fourth-order valence-corrected chi connectivity index (χ4v) is 1.47. The topological polar surface area (TPSA) is 141 Å². The average Bonchev–Trinajstić information content (AvgIpc) is 2.47. The molecule has 0 saturated carbocycles. The van der Waals surface area contributed by atoms with Gasteiger partial charge in [-0.3, -0.25) is 4.79 Å². The van der Waals surface area contributed by atoms with Crippen LogP contribution in [0.3, 0.4) is 0 Å². The molecule has 0 saturated heterocycles. The highest BCUT2D eigenvalue weighted by Gasteiger charge is 2.24. The highest BCUT2D eigenvalue weighted by Crippen LogP contribution is 2.03. The summed E-state index contributed by atoms with van der Waals surface area (Å²) in [6, 6.07) is 0.608. The van der Waals surface area contributed by atoms with Gasteiger partial charge >= 0.3 is 12.1 Å². The zero-order valence-corrected chi connectivity index (χ0v) is 13.4. The highest BCUT2D eigenvalue weighted by atomic mass is 16.5. The van der Waals surface area contributed by atoms with E-state index >= 15 is 0 Å². The largest absolute Gasteiger partial charge is 0.480 e. The molecule has 0 aliphatic heterocycles. The zero-order chi connectivity index (χ0) is 17.8. The van der Waals surface area contributed by atoms with E-state index in [1.165, 1.54) is 6.20 Å². The van der Waals surface area contributed by atoms with Crippen LogP contribution in [0.1, 0.15) is 20.8 Å². The molecule has 0 aromatic rings. The van der Waals surface area contributed by atoms with Gasteiger partial charge in [0, 0.05) is 19.3 Å². The third-order valence-corrected chi connectivity index (χ3v) is 2.64. The quantitative estimate of drug-likeness (QED) is 0.264. The molecule has 2 amide bonds. The van der Waals surface area contributed by atoms with Crippen LogP contribution in [-0.4, -0.2) is 48.8 Å². The van der Waals surface area contributed by atoms with Gasteiger partial charge in [-0.05, 0) is 12.8 Å². The Balaban J connectivity index is 4.41. The summed E-state index contributed by atoms with van der Waals surface area (Å²) in [7, 11) is 0. The van der Waals surface area contributed by atoms with Crippen LogP contribution in [0.2, 0.25) is 0 Å². The Bertz CT molecular complexity index is 496. The van der Waals surface area contributed by atoms with Gasteiger partial charge in [0.05, 0.1) is 6.61 Å². The lowest BCUT2D eigenvalue weighted by Gasteiger charge is -2.17. The molecule has 0 fully saturated rings.